The number of carbonyl (C=O) groups excluding carboxylic acids is 1. The summed E-state index contributed by atoms with van der Waals surface area (Å²) in [5, 5.41) is 1.14. The summed E-state index contributed by atoms with van der Waals surface area (Å²) >= 11 is 8.13. The van der Waals surface area contributed by atoms with E-state index in [0.29, 0.717) is 20.8 Å². The van der Waals surface area contributed by atoms with E-state index in [9.17, 15) is 4.79 Å². The molecular formula is C27H34ClNO2S. The molecule has 1 atom stereocenters. The van der Waals surface area contributed by atoms with Gasteiger partial charge in [-0.3, -0.25) is 4.79 Å². The molecule has 1 aliphatic carbocycles. The summed E-state index contributed by atoms with van der Waals surface area (Å²) in [7, 11) is 0. The standard InChI is InChI=1S/C27H34ClNO2S/c28-22-12-14-24(15-13-22)31-21-26(30)29(23-10-6-5-7-11-23)20-25-16-19-27(32-25)17-8-3-1-2-4-9-18-27/h5-7,10-15,25H,1-4,8-9,16-21H2. The third-order valence-electron chi connectivity index (χ3n) is 6.78. The molecule has 1 spiro atoms. The SMILES string of the molecule is O=C(COc1ccc(Cl)cc1)N(CC1CCC2(CCCCCCCC2)S1)c1ccccc1. The Kier molecular flexibility index (Phi) is 8.43. The highest BCUT2D eigenvalue weighted by molar-refractivity contribution is 8.01. The van der Waals surface area contributed by atoms with Gasteiger partial charge in [-0.05, 0) is 62.1 Å². The van der Waals surface area contributed by atoms with E-state index >= 15 is 0 Å². The molecule has 1 unspecified atom stereocenters. The van der Waals surface area contributed by atoms with E-state index in [-0.39, 0.29) is 12.5 Å². The van der Waals surface area contributed by atoms with Crippen LogP contribution in [0.5, 0.6) is 5.75 Å². The maximum Gasteiger partial charge on any atom is 0.264 e. The third-order valence-corrected chi connectivity index (χ3v) is 8.87. The molecule has 2 fully saturated rings. The Morgan fingerprint density at radius 1 is 0.938 bits per heavy atom. The van der Waals surface area contributed by atoms with E-state index < -0.39 is 0 Å². The zero-order chi connectivity index (χ0) is 22.2. The number of carbonyl (C=O) groups is 1. The molecule has 172 valence electrons. The second-order valence-corrected chi connectivity index (χ2v) is 11.4. The van der Waals surface area contributed by atoms with Crippen LogP contribution in [0.15, 0.2) is 54.6 Å². The van der Waals surface area contributed by atoms with Crippen molar-refractivity contribution in [1.82, 2.24) is 0 Å². The molecule has 2 aromatic rings. The quantitative estimate of drug-likeness (QED) is 0.436. The van der Waals surface area contributed by atoms with E-state index in [2.05, 4.69) is 11.8 Å². The molecule has 0 aromatic heterocycles. The Bertz CT molecular complexity index is 848. The molecule has 5 heteroatoms. The fourth-order valence-electron chi connectivity index (χ4n) is 5.03. The number of rotatable bonds is 6. The van der Waals surface area contributed by atoms with Crippen LogP contribution in [-0.4, -0.2) is 29.1 Å². The van der Waals surface area contributed by atoms with Crippen LogP contribution in [-0.2, 0) is 4.79 Å². The van der Waals surface area contributed by atoms with Crippen LogP contribution in [0.4, 0.5) is 5.69 Å². The largest absolute Gasteiger partial charge is 0.484 e. The fourth-order valence-corrected chi connectivity index (χ4v) is 7.09. The highest BCUT2D eigenvalue weighted by Crippen LogP contribution is 2.50. The lowest BCUT2D eigenvalue weighted by Gasteiger charge is -2.30. The van der Waals surface area contributed by atoms with Gasteiger partial charge in [0.25, 0.3) is 5.91 Å². The fraction of sp³-hybridized carbons (Fsp3) is 0.519. The molecule has 0 radical (unpaired) electrons. The minimum Gasteiger partial charge on any atom is -0.484 e. The van der Waals surface area contributed by atoms with Gasteiger partial charge in [0.1, 0.15) is 5.75 Å². The molecule has 1 aliphatic heterocycles. The first-order chi connectivity index (χ1) is 15.6. The summed E-state index contributed by atoms with van der Waals surface area (Å²) < 4.78 is 6.22. The van der Waals surface area contributed by atoms with Crippen molar-refractivity contribution >= 4 is 35.0 Å². The zero-order valence-corrected chi connectivity index (χ0v) is 20.4. The molecule has 4 rings (SSSR count). The van der Waals surface area contributed by atoms with E-state index in [4.69, 9.17) is 16.3 Å². The Morgan fingerprint density at radius 3 is 2.28 bits per heavy atom. The van der Waals surface area contributed by atoms with Crippen molar-refractivity contribution in [2.75, 3.05) is 18.1 Å². The number of halogens is 1. The Balaban J connectivity index is 1.41. The lowest BCUT2D eigenvalue weighted by molar-refractivity contribution is -0.120. The van der Waals surface area contributed by atoms with Gasteiger partial charge in [0.15, 0.2) is 6.61 Å². The summed E-state index contributed by atoms with van der Waals surface area (Å²) in [5.74, 6) is 0.665. The Labute approximate surface area is 201 Å². The monoisotopic (exact) mass is 471 g/mol. The molecule has 1 heterocycles. The van der Waals surface area contributed by atoms with Gasteiger partial charge in [0.05, 0.1) is 0 Å². The van der Waals surface area contributed by atoms with Gasteiger partial charge in [-0.2, -0.15) is 0 Å². The molecule has 3 nitrogen and oxygen atoms in total. The normalized spacial score (nSPS) is 20.8. The van der Waals surface area contributed by atoms with E-state index in [1.165, 1.54) is 64.2 Å². The van der Waals surface area contributed by atoms with Gasteiger partial charge in [0, 0.05) is 27.3 Å². The Hall–Kier alpha value is -1.65. The maximum absolute atomic E-state index is 13.3. The average Bonchev–Trinajstić information content (AvgIpc) is 3.26. The van der Waals surface area contributed by atoms with Crippen molar-refractivity contribution in [3.05, 3.63) is 59.6 Å². The second-order valence-electron chi connectivity index (χ2n) is 9.17. The van der Waals surface area contributed by atoms with E-state index in [1.54, 1.807) is 24.3 Å². The van der Waals surface area contributed by atoms with Crippen LogP contribution in [0.1, 0.15) is 64.2 Å². The number of anilines is 1. The number of thioether (sulfide) groups is 1. The van der Waals surface area contributed by atoms with Gasteiger partial charge in [0.2, 0.25) is 0 Å². The van der Waals surface area contributed by atoms with Crippen molar-refractivity contribution in [2.45, 2.75) is 74.2 Å². The predicted molar refractivity (Wildman–Crippen MR) is 136 cm³/mol. The predicted octanol–water partition coefficient (Wildman–Crippen LogP) is 7.52. The third kappa shape index (κ3) is 6.45. The average molecular weight is 472 g/mol. The molecule has 32 heavy (non-hydrogen) atoms. The summed E-state index contributed by atoms with van der Waals surface area (Å²) in [6.45, 7) is 0.776. The van der Waals surface area contributed by atoms with Crippen LogP contribution in [0.25, 0.3) is 0 Å². The van der Waals surface area contributed by atoms with Crippen LogP contribution < -0.4 is 9.64 Å². The summed E-state index contributed by atoms with van der Waals surface area (Å²) in [6.07, 6.45) is 13.4. The minimum atomic E-state index is 0.00201. The first-order valence-corrected chi connectivity index (χ1v) is 13.3. The van der Waals surface area contributed by atoms with Crippen molar-refractivity contribution < 1.29 is 9.53 Å². The lowest BCUT2D eigenvalue weighted by atomic mass is 9.91. The zero-order valence-electron chi connectivity index (χ0n) is 18.8. The van der Waals surface area contributed by atoms with Crippen molar-refractivity contribution in [1.29, 1.82) is 0 Å². The van der Waals surface area contributed by atoms with Crippen molar-refractivity contribution in [3.8, 4) is 5.75 Å². The van der Waals surface area contributed by atoms with E-state index in [0.717, 1.165) is 12.2 Å². The number of hydrogen-bond donors (Lipinski definition) is 0. The minimum absolute atomic E-state index is 0.00201. The highest BCUT2D eigenvalue weighted by Gasteiger charge is 2.40. The van der Waals surface area contributed by atoms with Gasteiger partial charge in [-0.25, -0.2) is 0 Å². The number of ether oxygens (including phenoxy) is 1. The molecule has 1 amide bonds. The molecule has 2 aliphatic rings. The molecule has 1 saturated heterocycles. The molecule has 1 saturated carbocycles. The summed E-state index contributed by atoms with van der Waals surface area (Å²) in [5.41, 5.74) is 0.952. The van der Waals surface area contributed by atoms with Crippen LogP contribution in [0.3, 0.4) is 0 Å². The first kappa shape index (κ1) is 23.5. The number of benzene rings is 2. The Morgan fingerprint density at radius 2 is 1.59 bits per heavy atom. The van der Waals surface area contributed by atoms with Gasteiger partial charge in [-0.15, -0.1) is 11.8 Å². The molecular weight excluding hydrogens is 438 g/mol. The number of nitrogens with zero attached hydrogens (tertiary/aromatic N) is 1. The highest BCUT2D eigenvalue weighted by atomic mass is 35.5. The lowest BCUT2D eigenvalue weighted by Crippen LogP contribution is -2.39. The van der Waals surface area contributed by atoms with Crippen LogP contribution in [0.2, 0.25) is 5.02 Å². The number of amides is 1. The number of para-hydroxylation sites is 1. The van der Waals surface area contributed by atoms with Crippen molar-refractivity contribution in [2.24, 2.45) is 0 Å². The van der Waals surface area contributed by atoms with Gasteiger partial charge >= 0.3 is 0 Å². The topological polar surface area (TPSA) is 29.5 Å². The summed E-state index contributed by atoms with van der Waals surface area (Å²) in [6, 6.07) is 17.2. The molecule has 2 aromatic carbocycles. The van der Waals surface area contributed by atoms with Crippen molar-refractivity contribution in [3.63, 3.8) is 0 Å². The second kappa shape index (κ2) is 11.5. The van der Waals surface area contributed by atoms with Gasteiger partial charge < -0.3 is 9.64 Å². The molecule has 0 bridgehead atoms. The van der Waals surface area contributed by atoms with Gasteiger partial charge in [-0.1, -0.05) is 68.3 Å². The van der Waals surface area contributed by atoms with Crippen LogP contribution in [0, 0.1) is 0 Å². The number of hydrogen-bond acceptors (Lipinski definition) is 3. The first-order valence-electron chi connectivity index (χ1n) is 12.1. The summed E-state index contributed by atoms with van der Waals surface area (Å²) in [4.78, 5) is 15.2. The van der Waals surface area contributed by atoms with Crippen LogP contribution >= 0.6 is 23.4 Å². The van der Waals surface area contributed by atoms with E-state index in [1.807, 2.05) is 35.2 Å². The molecule has 0 N–H and O–H groups in total. The maximum atomic E-state index is 13.3. The smallest absolute Gasteiger partial charge is 0.264 e.